The molecular weight excluding hydrogens is 328 g/mol. The molecule has 0 bridgehead atoms. The highest BCUT2D eigenvalue weighted by Crippen LogP contribution is 2.33. The standard InChI is InChI=1S/C22H30O4/c1-4-15-25-20(23)22(2,3)21(24)26-19(18-13-9-6-10-14-18)16-17-11-7-5-8-12-17/h6-7,9-11,13-14,17,19H,4-5,8,12,15-16H2,1-3H3. The van der Waals surface area contributed by atoms with Crippen molar-refractivity contribution in [3.63, 3.8) is 0 Å². The fourth-order valence-electron chi connectivity index (χ4n) is 3.01. The lowest BCUT2D eigenvalue weighted by Gasteiger charge is -2.28. The van der Waals surface area contributed by atoms with Gasteiger partial charge >= 0.3 is 11.9 Å². The van der Waals surface area contributed by atoms with Gasteiger partial charge in [-0.25, -0.2) is 0 Å². The average Bonchev–Trinajstić information content (AvgIpc) is 2.66. The van der Waals surface area contributed by atoms with Crippen LogP contribution in [0.1, 0.15) is 64.5 Å². The van der Waals surface area contributed by atoms with Crippen LogP contribution < -0.4 is 0 Å². The second-order valence-electron chi connectivity index (χ2n) is 7.42. The van der Waals surface area contributed by atoms with Crippen LogP contribution in [-0.4, -0.2) is 18.5 Å². The first-order valence-electron chi connectivity index (χ1n) is 9.55. The van der Waals surface area contributed by atoms with Gasteiger partial charge < -0.3 is 9.47 Å². The van der Waals surface area contributed by atoms with Gasteiger partial charge in [-0.05, 0) is 57.4 Å². The van der Waals surface area contributed by atoms with Crippen LogP contribution in [0, 0.1) is 11.3 Å². The molecule has 0 N–H and O–H groups in total. The number of allylic oxidation sites excluding steroid dienone is 2. The van der Waals surface area contributed by atoms with Crippen LogP contribution in [0.2, 0.25) is 0 Å². The van der Waals surface area contributed by atoms with E-state index in [0.29, 0.717) is 12.5 Å². The van der Waals surface area contributed by atoms with Gasteiger partial charge in [0.05, 0.1) is 6.61 Å². The molecule has 0 fully saturated rings. The molecule has 4 nitrogen and oxygen atoms in total. The zero-order chi connectivity index (χ0) is 19.0. The van der Waals surface area contributed by atoms with E-state index >= 15 is 0 Å². The van der Waals surface area contributed by atoms with Crippen LogP contribution in [0.25, 0.3) is 0 Å². The summed E-state index contributed by atoms with van der Waals surface area (Å²) >= 11 is 0. The van der Waals surface area contributed by atoms with Gasteiger partial charge in [-0.2, -0.15) is 0 Å². The average molecular weight is 358 g/mol. The van der Waals surface area contributed by atoms with Crippen LogP contribution in [-0.2, 0) is 19.1 Å². The van der Waals surface area contributed by atoms with Crippen molar-refractivity contribution in [1.29, 1.82) is 0 Å². The van der Waals surface area contributed by atoms with E-state index in [0.717, 1.165) is 37.7 Å². The summed E-state index contributed by atoms with van der Waals surface area (Å²) in [6, 6.07) is 9.75. The number of esters is 2. The number of benzene rings is 1. The maximum atomic E-state index is 12.8. The smallest absolute Gasteiger partial charge is 0.323 e. The van der Waals surface area contributed by atoms with Gasteiger partial charge in [-0.3, -0.25) is 9.59 Å². The Bertz CT molecular complexity index is 618. The first-order chi connectivity index (χ1) is 12.4. The molecule has 2 unspecified atom stereocenters. The lowest BCUT2D eigenvalue weighted by Crippen LogP contribution is -2.37. The number of rotatable bonds is 8. The number of carbonyl (C=O) groups is 2. The monoisotopic (exact) mass is 358 g/mol. The molecule has 0 radical (unpaired) electrons. The first-order valence-corrected chi connectivity index (χ1v) is 9.55. The van der Waals surface area contributed by atoms with E-state index < -0.39 is 17.4 Å². The Morgan fingerprint density at radius 3 is 2.54 bits per heavy atom. The molecule has 1 aromatic carbocycles. The molecule has 1 aromatic rings. The minimum atomic E-state index is -1.31. The van der Waals surface area contributed by atoms with E-state index in [9.17, 15) is 9.59 Å². The van der Waals surface area contributed by atoms with Crippen molar-refractivity contribution >= 4 is 11.9 Å². The van der Waals surface area contributed by atoms with Crippen molar-refractivity contribution in [2.45, 2.75) is 59.0 Å². The van der Waals surface area contributed by atoms with E-state index in [2.05, 4.69) is 12.2 Å². The van der Waals surface area contributed by atoms with Gasteiger partial charge in [0.25, 0.3) is 0 Å². The molecule has 0 aliphatic heterocycles. The minimum Gasteiger partial charge on any atom is -0.465 e. The second kappa shape index (κ2) is 9.56. The molecule has 0 aromatic heterocycles. The SMILES string of the molecule is CCCOC(=O)C(C)(C)C(=O)OC(CC1C=CCCC1)c1ccccc1. The van der Waals surface area contributed by atoms with E-state index in [1.807, 2.05) is 37.3 Å². The van der Waals surface area contributed by atoms with Gasteiger partial charge in [-0.1, -0.05) is 49.4 Å². The van der Waals surface area contributed by atoms with Crippen LogP contribution in [0.4, 0.5) is 0 Å². The third kappa shape index (κ3) is 5.45. The van der Waals surface area contributed by atoms with E-state index in [4.69, 9.17) is 9.47 Å². The van der Waals surface area contributed by atoms with Crippen LogP contribution >= 0.6 is 0 Å². The highest BCUT2D eigenvalue weighted by Gasteiger charge is 2.41. The summed E-state index contributed by atoms with van der Waals surface area (Å²) in [6.07, 6.45) is 8.87. The summed E-state index contributed by atoms with van der Waals surface area (Å²) < 4.78 is 11.0. The maximum Gasteiger partial charge on any atom is 0.323 e. The molecule has 2 rings (SSSR count). The molecule has 0 heterocycles. The van der Waals surface area contributed by atoms with E-state index in [1.54, 1.807) is 13.8 Å². The Labute approximate surface area is 156 Å². The molecule has 2 atom stereocenters. The minimum absolute atomic E-state index is 0.310. The van der Waals surface area contributed by atoms with E-state index in [1.165, 1.54) is 0 Å². The van der Waals surface area contributed by atoms with Gasteiger partial charge in [0.15, 0.2) is 5.41 Å². The second-order valence-corrected chi connectivity index (χ2v) is 7.42. The largest absolute Gasteiger partial charge is 0.465 e. The van der Waals surface area contributed by atoms with Crippen molar-refractivity contribution < 1.29 is 19.1 Å². The molecule has 26 heavy (non-hydrogen) atoms. The quantitative estimate of drug-likeness (QED) is 0.373. The van der Waals surface area contributed by atoms with Crippen LogP contribution in [0.5, 0.6) is 0 Å². The van der Waals surface area contributed by atoms with Crippen molar-refractivity contribution in [3.8, 4) is 0 Å². The summed E-state index contributed by atoms with van der Waals surface area (Å²) in [4.78, 5) is 25.0. The summed E-state index contributed by atoms with van der Waals surface area (Å²) in [5, 5.41) is 0. The van der Waals surface area contributed by atoms with Gasteiger partial charge in [-0.15, -0.1) is 0 Å². The number of hydrogen-bond donors (Lipinski definition) is 0. The number of ether oxygens (including phenoxy) is 2. The number of hydrogen-bond acceptors (Lipinski definition) is 4. The Morgan fingerprint density at radius 1 is 1.19 bits per heavy atom. The maximum absolute atomic E-state index is 12.8. The van der Waals surface area contributed by atoms with Gasteiger partial charge in [0.2, 0.25) is 0 Å². The third-order valence-electron chi connectivity index (χ3n) is 4.75. The highest BCUT2D eigenvalue weighted by atomic mass is 16.6. The van der Waals surface area contributed by atoms with Crippen LogP contribution in [0.3, 0.4) is 0 Å². The predicted molar refractivity (Wildman–Crippen MR) is 101 cm³/mol. The fourth-order valence-corrected chi connectivity index (χ4v) is 3.01. The molecular formula is C22H30O4. The van der Waals surface area contributed by atoms with Gasteiger partial charge in [0.1, 0.15) is 6.10 Å². The molecule has 0 spiro atoms. The Balaban J connectivity index is 2.12. The summed E-state index contributed by atoms with van der Waals surface area (Å²) in [7, 11) is 0. The first kappa shape index (κ1) is 20.2. The third-order valence-corrected chi connectivity index (χ3v) is 4.75. The molecule has 1 aliphatic rings. The normalized spacial score (nSPS) is 18.2. The highest BCUT2D eigenvalue weighted by molar-refractivity contribution is 5.99. The molecule has 0 saturated carbocycles. The van der Waals surface area contributed by atoms with Crippen molar-refractivity contribution in [2.24, 2.45) is 11.3 Å². The zero-order valence-corrected chi connectivity index (χ0v) is 16.1. The Morgan fingerprint density at radius 2 is 1.92 bits per heavy atom. The predicted octanol–water partition coefficient (Wildman–Crippen LogP) is 5.00. The molecule has 0 saturated heterocycles. The Hall–Kier alpha value is -2.10. The van der Waals surface area contributed by atoms with Crippen molar-refractivity contribution in [2.75, 3.05) is 6.61 Å². The topological polar surface area (TPSA) is 52.6 Å². The lowest BCUT2D eigenvalue weighted by molar-refractivity contribution is -0.173. The number of carbonyl (C=O) groups excluding carboxylic acids is 2. The lowest BCUT2D eigenvalue weighted by atomic mass is 9.88. The fraction of sp³-hybridized carbons (Fsp3) is 0.545. The Kier molecular flexibility index (Phi) is 7.43. The zero-order valence-electron chi connectivity index (χ0n) is 16.1. The van der Waals surface area contributed by atoms with Crippen molar-refractivity contribution in [3.05, 3.63) is 48.0 Å². The summed E-state index contributed by atoms with van der Waals surface area (Å²) in [6.45, 7) is 5.36. The van der Waals surface area contributed by atoms with Gasteiger partial charge in [0, 0.05) is 0 Å². The summed E-state index contributed by atoms with van der Waals surface area (Å²) in [5.74, 6) is -0.683. The molecule has 4 heteroatoms. The summed E-state index contributed by atoms with van der Waals surface area (Å²) in [5.41, 5.74) is -0.359. The van der Waals surface area contributed by atoms with E-state index in [-0.39, 0.29) is 6.10 Å². The molecule has 0 amide bonds. The molecule has 142 valence electrons. The molecule has 1 aliphatic carbocycles. The van der Waals surface area contributed by atoms with Crippen molar-refractivity contribution in [1.82, 2.24) is 0 Å². The van der Waals surface area contributed by atoms with Crippen LogP contribution in [0.15, 0.2) is 42.5 Å².